The van der Waals surface area contributed by atoms with E-state index in [1.807, 2.05) is 0 Å². The van der Waals surface area contributed by atoms with Crippen LogP contribution in [0.1, 0.15) is 31.9 Å². The lowest BCUT2D eigenvalue weighted by atomic mass is 9.83. The third-order valence-corrected chi connectivity index (χ3v) is 3.96. The quantitative estimate of drug-likeness (QED) is 0.602. The number of rotatable bonds is 1. The normalized spacial score (nSPS) is 12.2. The molecule has 3 aromatic rings. The molecule has 0 atom stereocenters. The Bertz CT molecular complexity index is 769. The molecule has 104 valence electrons. The van der Waals surface area contributed by atoms with Gasteiger partial charge in [0.1, 0.15) is 24.3 Å². The van der Waals surface area contributed by atoms with Gasteiger partial charge in [-0.3, -0.25) is 0 Å². The van der Waals surface area contributed by atoms with Crippen molar-refractivity contribution in [1.29, 1.82) is 0 Å². The van der Waals surface area contributed by atoms with Crippen molar-refractivity contribution in [2.24, 2.45) is 7.05 Å². The SMILES string of the molecule is Cc1c(-n2ccn3cc[n+](C)c23)cccc1C(C)(C)C. The van der Waals surface area contributed by atoms with Crippen LogP contribution in [0.15, 0.2) is 43.0 Å². The van der Waals surface area contributed by atoms with Crippen molar-refractivity contribution >= 4 is 5.78 Å². The van der Waals surface area contributed by atoms with Gasteiger partial charge in [0.15, 0.2) is 0 Å². The maximum absolute atomic E-state index is 2.27. The van der Waals surface area contributed by atoms with E-state index in [1.54, 1.807) is 0 Å². The third-order valence-electron chi connectivity index (χ3n) is 3.96. The molecule has 0 fully saturated rings. The maximum Gasteiger partial charge on any atom is 0.373 e. The number of hydrogen-bond acceptors (Lipinski definition) is 0. The van der Waals surface area contributed by atoms with E-state index in [1.165, 1.54) is 22.6 Å². The maximum atomic E-state index is 2.27. The molecular weight excluding hydrogens is 246 g/mol. The first-order valence-corrected chi connectivity index (χ1v) is 7.04. The highest BCUT2D eigenvalue weighted by Crippen LogP contribution is 2.29. The summed E-state index contributed by atoms with van der Waals surface area (Å²) >= 11 is 0. The zero-order chi connectivity index (χ0) is 14.5. The lowest BCUT2D eigenvalue weighted by Crippen LogP contribution is -2.28. The summed E-state index contributed by atoms with van der Waals surface area (Å²) in [6.07, 6.45) is 8.38. The Morgan fingerprint density at radius 3 is 2.50 bits per heavy atom. The number of aromatic nitrogens is 3. The zero-order valence-electron chi connectivity index (χ0n) is 12.9. The summed E-state index contributed by atoms with van der Waals surface area (Å²) in [6, 6.07) is 6.58. The molecule has 0 bridgehead atoms. The van der Waals surface area contributed by atoms with Crippen molar-refractivity contribution < 1.29 is 4.57 Å². The molecule has 0 aliphatic rings. The first kappa shape index (κ1) is 13.0. The molecule has 0 aliphatic carbocycles. The summed E-state index contributed by atoms with van der Waals surface area (Å²) in [5.41, 5.74) is 4.16. The van der Waals surface area contributed by atoms with Crippen molar-refractivity contribution in [2.75, 3.05) is 0 Å². The van der Waals surface area contributed by atoms with E-state index in [0.29, 0.717) is 0 Å². The van der Waals surface area contributed by atoms with Crippen LogP contribution in [0.4, 0.5) is 0 Å². The molecule has 1 aromatic carbocycles. The number of nitrogens with zero attached hydrogens (tertiary/aromatic N) is 3. The van der Waals surface area contributed by atoms with Crippen LogP contribution in [0.3, 0.4) is 0 Å². The van der Waals surface area contributed by atoms with Crippen LogP contribution < -0.4 is 4.57 Å². The fourth-order valence-electron chi connectivity index (χ4n) is 2.99. The van der Waals surface area contributed by atoms with Gasteiger partial charge in [-0.2, -0.15) is 0 Å². The number of hydrogen-bond donors (Lipinski definition) is 0. The average molecular weight is 268 g/mol. The summed E-state index contributed by atoms with van der Waals surface area (Å²) in [7, 11) is 2.08. The van der Waals surface area contributed by atoms with Gasteiger partial charge in [-0.15, -0.1) is 0 Å². The minimum absolute atomic E-state index is 0.160. The van der Waals surface area contributed by atoms with E-state index >= 15 is 0 Å². The smallest absolute Gasteiger partial charge is 0.237 e. The number of benzene rings is 1. The average Bonchev–Trinajstić information content (AvgIpc) is 2.92. The van der Waals surface area contributed by atoms with Crippen LogP contribution in [-0.2, 0) is 12.5 Å². The van der Waals surface area contributed by atoms with E-state index in [0.717, 1.165) is 0 Å². The minimum atomic E-state index is 0.160. The summed E-state index contributed by atoms with van der Waals surface area (Å²) in [6.45, 7) is 9.01. The molecule has 2 aromatic heterocycles. The molecular formula is C17H22N3+. The Morgan fingerprint density at radius 1 is 1.05 bits per heavy atom. The molecule has 2 heterocycles. The predicted octanol–water partition coefficient (Wildman–Crippen LogP) is 3.16. The molecule has 0 saturated heterocycles. The Balaban J connectivity index is 2.28. The van der Waals surface area contributed by atoms with Gasteiger partial charge in [-0.1, -0.05) is 32.9 Å². The molecule has 0 radical (unpaired) electrons. The number of aryl methyl sites for hydroxylation is 1. The van der Waals surface area contributed by atoms with Gasteiger partial charge < -0.3 is 0 Å². The lowest BCUT2D eigenvalue weighted by molar-refractivity contribution is -0.646. The van der Waals surface area contributed by atoms with E-state index < -0.39 is 0 Å². The zero-order valence-corrected chi connectivity index (χ0v) is 12.9. The van der Waals surface area contributed by atoms with Crippen LogP contribution in [0, 0.1) is 6.92 Å². The monoisotopic (exact) mass is 268 g/mol. The fraction of sp³-hybridized carbons (Fsp3) is 0.353. The molecule has 0 spiro atoms. The van der Waals surface area contributed by atoms with Crippen molar-refractivity contribution in [3.05, 3.63) is 54.1 Å². The molecule has 0 N–H and O–H groups in total. The fourth-order valence-corrected chi connectivity index (χ4v) is 2.99. The standard InChI is InChI=1S/C17H22N3/c1-13-14(17(2,3)4)7-6-8-15(13)20-12-11-19-10-9-18(5)16(19)20/h6-12H,1-5H3/q+1. The van der Waals surface area contributed by atoms with Crippen LogP contribution in [0.25, 0.3) is 11.5 Å². The van der Waals surface area contributed by atoms with Gasteiger partial charge in [0.25, 0.3) is 0 Å². The van der Waals surface area contributed by atoms with Crippen LogP contribution in [-0.4, -0.2) is 8.97 Å². The first-order chi connectivity index (χ1) is 9.39. The highest BCUT2D eigenvalue weighted by Gasteiger charge is 2.21. The predicted molar refractivity (Wildman–Crippen MR) is 81.3 cm³/mol. The topological polar surface area (TPSA) is 13.2 Å². The Labute approximate surface area is 120 Å². The molecule has 3 nitrogen and oxygen atoms in total. The van der Waals surface area contributed by atoms with E-state index in [4.69, 9.17) is 0 Å². The largest absolute Gasteiger partial charge is 0.373 e. The minimum Gasteiger partial charge on any atom is -0.237 e. The number of fused-ring (bicyclic) bond motifs is 1. The first-order valence-electron chi connectivity index (χ1n) is 7.04. The van der Waals surface area contributed by atoms with Crippen molar-refractivity contribution in [3.63, 3.8) is 0 Å². The van der Waals surface area contributed by atoms with Crippen molar-refractivity contribution in [2.45, 2.75) is 33.1 Å². The highest BCUT2D eigenvalue weighted by molar-refractivity contribution is 5.51. The van der Waals surface area contributed by atoms with Crippen LogP contribution in [0.5, 0.6) is 0 Å². The van der Waals surface area contributed by atoms with E-state index in [-0.39, 0.29) is 5.41 Å². The van der Waals surface area contributed by atoms with Crippen molar-refractivity contribution in [3.8, 4) is 5.69 Å². The van der Waals surface area contributed by atoms with Gasteiger partial charge in [0.2, 0.25) is 0 Å². The third kappa shape index (κ3) is 1.85. The molecule has 0 saturated carbocycles. The van der Waals surface area contributed by atoms with Crippen LogP contribution in [0.2, 0.25) is 0 Å². The summed E-state index contributed by atoms with van der Waals surface area (Å²) in [5, 5.41) is 0. The second kappa shape index (κ2) is 4.23. The van der Waals surface area contributed by atoms with Gasteiger partial charge in [-0.25, -0.2) is 13.5 Å². The Morgan fingerprint density at radius 2 is 1.80 bits per heavy atom. The van der Waals surface area contributed by atoms with Crippen molar-refractivity contribution in [1.82, 2.24) is 8.97 Å². The molecule has 0 amide bonds. The summed E-state index contributed by atoms with van der Waals surface area (Å²) < 4.78 is 6.54. The lowest BCUT2D eigenvalue weighted by Gasteiger charge is -2.22. The van der Waals surface area contributed by atoms with E-state index in [2.05, 4.69) is 91.3 Å². The van der Waals surface area contributed by atoms with E-state index in [9.17, 15) is 0 Å². The second-order valence-electron chi connectivity index (χ2n) is 6.48. The van der Waals surface area contributed by atoms with Gasteiger partial charge in [0.05, 0.1) is 13.2 Å². The highest BCUT2D eigenvalue weighted by atomic mass is 15.2. The van der Waals surface area contributed by atoms with Gasteiger partial charge in [-0.05, 0) is 29.5 Å². The molecule has 3 rings (SSSR count). The molecule has 20 heavy (non-hydrogen) atoms. The summed E-state index contributed by atoms with van der Waals surface area (Å²) in [5.74, 6) is 1.17. The molecule has 3 heteroatoms. The number of imidazole rings is 2. The van der Waals surface area contributed by atoms with Gasteiger partial charge >= 0.3 is 5.78 Å². The molecule has 0 unspecified atom stereocenters. The summed E-state index contributed by atoms with van der Waals surface area (Å²) in [4.78, 5) is 0. The Kier molecular flexibility index (Phi) is 2.75. The Hall–Kier alpha value is -2.03. The van der Waals surface area contributed by atoms with Gasteiger partial charge in [0, 0.05) is 0 Å². The molecule has 0 aliphatic heterocycles. The second-order valence-corrected chi connectivity index (χ2v) is 6.48. The van der Waals surface area contributed by atoms with Crippen LogP contribution >= 0.6 is 0 Å².